The fraction of sp³-hybridized carbons (Fsp3) is 0.333. The van der Waals surface area contributed by atoms with E-state index in [1.807, 2.05) is 0 Å². The van der Waals surface area contributed by atoms with E-state index >= 15 is 0 Å². The smallest absolute Gasteiger partial charge is 0.307 e. The van der Waals surface area contributed by atoms with Crippen LogP contribution in [0.3, 0.4) is 0 Å². The van der Waals surface area contributed by atoms with Gasteiger partial charge in [0.2, 0.25) is 0 Å². The van der Waals surface area contributed by atoms with Gasteiger partial charge in [-0.05, 0) is 35.1 Å². The number of pyridine rings is 1. The Bertz CT molecular complexity index is 572. The van der Waals surface area contributed by atoms with Crippen molar-refractivity contribution in [1.82, 2.24) is 20.1 Å². The van der Waals surface area contributed by atoms with Crippen LogP contribution in [0.4, 0.5) is 13.2 Å². The first-order valence-electron chi connectivity index (χ1n) is 5.72. The second kappa shape index (κ2) is 5.53. The van der Waals surface area contributed by atoms with E-state index in [1.165, 1.54) is 6.07 Å². The summed E-state index contributed by atoms with van der Waals surface area (Å²) in [6.45, 7) is 0. The summed E-state index contributed by atoms with van der Waals surface area (Å²) >= 11 is 3.37. The third-order valence-electron chi connectivity index (χ3n) is 2.91. The van der Waals surface area contributed by atoms with Crippen LogP contribution in [0.15, 0.2) is 29.0 Å². The predicted molar refractivity (Wildman–Crippen MR) is 71.0 cm³/mol. The van der Waals surface area contributed by atoms with Crippen LogP contribution in [-0.2, 0) is 13.2 Å². The summed E-state index contributed by atoms with van der Waals surface area (Å²) in [6.07, 6.45) is -1.92. The molecule has 4 nitrogen and oxygen atoms in total. The highest BCUT2D eigenvalue weighted by Crippen LogP contribution is 2.31. The maximum atomic E-state index is 12.5. The second-order valence-corrected chi connectivity index (χ2v) is 5.05. The lowest BCUT2D eigenvalue weighted by Crippen LogP contribution is -2.22. The molecule has 1 unspecified atom stereocenters. The minimum atomic E-state index is -4.38. The van der Waals surface area contributed by atoms with Gasteiger partial charge in [-0.1, -0.05) is 0 Å². The van der Waals surface area contributed by atoms with Crippen molar-refractivity contribution in [2.45, 2.75) is 12.2 Å². The van der Waals surface area contributed by atoms with E-state index in [2.05, 4.69) is 31.3 Å². The van der Waals surface area contributed by atoms with Gasteiger partial charge in [-0.25, -0.2) is 0 Å². The molecule has 0 amide bonds. The Morgan fingerprint density at radius 1 is 1.30 bits per heavy atom. The summed E-state index contributed by atoms with van der Waals surface area (Å²) in [4.78, 5) is 3.91. The van der Waals surface area contributed by atoms with Crippen molar-refractivity contribution in [2.24, 2.45) is 7.05 Å². The highest BCUT2D eigenvalue weighted by atomic mass is 79.9. The molecule has 2 rings (SSSR count). The van der Waals surface area contributed by atoms with Crippen LogP contribution in [-0.4, -0.2) is 21.8 Å². The van der Waals surface area contributed by atoms with Crippen LogP contribution in [0.2, 0.25) is 0 Å². The van der Waals surface area contributed by atoms with Crippen molar-refractivity contribution < 1.29 is 13.2 Å². The van der Waals surface area contributed by atoms with E-state index < -0.39 is 11.7 Å². The molecule has 2 aromatic heterocycles. The first-order valence-corrected chi connectivity index (χ1v) is 6.51. The number of halogens is 4. The zero-order chi connectivity index (χ0) is 14.9. The molecule has 8 heteroatoms. The largest absolute Gasteiger partial charge is 0.417 e. The molecule has 0 bridgehead atoms. The highest BCUT2D eigenvalue weighted by molar-refractivity contribution is 9.10. The molecule has 1 atom stereocenters. The van der Waals surface area contributed by atoms with Crippen molar-refractivity contribution in [3.63, 3.8) is 0 Å². The predicted octanol–water partition coefficient (Wildman–Crippen LogP) is 2.91. The van der Waals surface area contributed by atoms with Crippen molar-refractivity contribution in [3.05, 3.63) is 46.0 Å². The molecule has 0 aliphatic carbocycles. The lowest BCUT2D eigenvalue weighted by Gasteiger charge is -2.17. The number of aryl methyl sites for hydroxylation is 1. The molecule has 0 aliphatic rings. The lowest BCUT2D eigenvalue weighted by atomic mass is 10.1. The van der Waals surface area contributed by atoms with Gasteiger partial charge in [0.25, 0.3) is 0 Å². The van der Waals surface area contributed by atoms with Crippen LogP contribution >= 0.6 is 15.9 Å². The number of hydrogen-bond acceptors (Lipinski definition) is 3. The fourth-order valence-electron chi connectivity index (χ4n) is 1.91. The monoisotopic (exact) mass is 348 g/mol. The van der Waals surface area contributed by atoms with Gasteiger partial charge in [-0.15, -0.1) is 0 Å². The van der Waals surface area contributed by atoms with Crippen molar-refractivity contribution >= 4 is 15.9 Å². The minimum absolute atomic E-state index is 0.348. The molecule has 0 aromatic carbocycles. The molecule has 108 valence electrons. The molecular formula is C12H12BrF3N4. The maximum Gasteiger partial charge on any atom is 0.417 e. The summed E-state index contributed by atoms with van der Waals surface area (Å²) in [5.41, 5.74) is 0.518. The van der Waals surface area contributed by atoms with Gasteiger partial charge in [-0.2, -0.15) is 18.3 Å². The van der Waals surface area contributed by atoms with Crippen LogP contribution in [0.25, 0.3) is 0 Å². The van der Waals surface area contributed by atoms with E-state index in [-0.39, 0.29) is 6.04 Å². The highest BCUT2D eigenvalue weighted by Gasteiger charge is 2.31. The lowest BCUT2D eigenvalue weighted by molar-refractivity contribution is -0.137. The Labute approximate surface area is 122 Å². The third kappa shape index (κ3) is 2.85. The third-order valence-corrected chi connectivity index (χ3v) is 3.52. The minimum Gasteiger partial charge on any atom is -0.307 e. The topological polar surface area (TPSA) is 42.7 Å². The van der Waals surface area contributed by atoms with Gasteiger partial charge < -0.3 is 5.32 Å². The molecule has 0 saturated heterocycles. The molecule has 0 spiro atoms. The Kier molecular flexibility index (Phi) is 4.14. The van der Waals surface area contributed by atoms with Crippen LogP contribution in [0.5, 0.6) is 0 Å². The Hall–Kier alpha value is -1.41. The van der Waals surface area contributed by atoms with E-state index in [4.69, 9.17) is 0 Å². The zero-order valence-corrected chi connectivity index (χ0v) is 12.3. The van der Waals surface area contributed by atoms with Crippen LogP contribution < -0.4 is 5.32 Å². The Balaban J connectivity index is 2.38. The molecule has 2 heterocycles. The molecule has 0 fully saturated rings. The summed E-state index contributed by atoms with van der Waals surface area (Å²) in [7, 11) is 3.47. The number of aromatic nitrogens is 3. The van der Waals surface area contributed by atoms with E-state index in [0.29, 0.717) is 5.69 Å². The number of nitrogens with zero attached hydrogens (tertiary/aromatic N) is 3. The number of nitrogens with one attached hydrogen (secondary N) is 1. The molecule has 0 radical (unpaired) electrons. The molecular weight excluding hydrogens is 337 g/mol. The SMILES string of the molecule is CNC(c1ccc(C(F)(F)F)cn1)c1c(Br)cnn1C. The Morgan fingerprint density at radius 3 is 2.40 bits per heavy atom. The summed E-state index contributed by atoms with van der Waals surface area (Å²) in [5, 5.41) is 7.12. The molecule has 0 saturated carbocycles. The van der Waals surface area contributed by atoms with Crippen LogP contribution in [0, 0.1) is 0 Å². The molecule has 0 aliphatic heterocycles. The first-order chi connectivity index (χ1) is 9.34. The van der Waals surface area contributed by atoms with E-state index in [0.717, 1.165) is 22.4 Å². The average Bonchev–Trinajstić information content (AvgIpc) is 2.71. The quantitative estimate of drug-likeness (QED) is 0.927. The summed E-state index contributed by atoms with van der Waals surface area (Å²) < 4.78 is 40.0. The standard InChI is InChI=1S/C12H12BrF3N4/c1-17-10(11-8(13)6-19-20(11)2)9-4-3-7(5-18-9)12(14,15)16/h3-6,10,17H,1-2H3. The average molecular weight is 349 g/mol. The normalized spacial score (nSPS) is 13.5. The molecule has 2 aromatic rings. The van der Waals surface area contributed by atoms with Gasteiger partial charge in [0.15, 0.2) is 0 Å². The van der Waals surface area contributed by atoms with Crippen molar-refractivity contribution in [1.29, 1.82) is 0 Å². The number of alkyl halides is 3. The first kappa shape index (κ1) is 15.0. The molecule has 20 heavy (non-hydrogen) atoms. The number of hydrogen-bond donors (Lipinski definition) is 1. The van der Waals surface area contributed by atoms with Crippen molar-refractivity contribution in [3.8, 4) is 0 Å². The van der Waals surface area contributed by atoms with Crippen LogP contribution in [0.1, 0.15) is 23.0 Å². The molecule has 1 N–H and O–H groups in total. The maximum absolute atomic E-state index is 12.5. The summed E-state index contributed by atoms with van der Waals surface area (Å²) in [5.74, 6) is 0. The van der Waals surface area contributed by atoms with Crippen molar-refractivity contribution in [2.75, 3.05) is 7.05 Å². The van der Waals surface area contributed by atoms with E-state index in [1.54, 1.807) is 25.0 Å². The van der Waals surface area contributed by atoms with Gasteiger partial charge in [0.1, 0.15) is 0 Å². The Morgan fingerprint density at radius 2 is 2.00 bits per heavy atom. The van der Waals surface area contributed by atoms with Gasteiger partial charge in [0.05, 0.1) is 33.7 Å². The van der Waals surface area contributed by atoms with Gasteiger partial charge in [-0.3, -0.25) is 9.67 Å². The second-order valence-electron chi connectivity index (χ2n) is 4.19. The van der Waals surface area contributed by atoms with E-state index in [9.17, 15) is 13.2 Å². The number of rotatable bonds is 3. The summed E-state index contributed by atoms with van der Waals surface area (Å²) in [6, 6.07) is 2.04. The zero-order valence-electron chi connectivity index (χ0n) is 10.7. The van der Waals surface area contributed by atoms with Gasteiger partial charge in [0, 0.05) is 13.2 Å². The van der Waals surface area contributed by atoms with Gasteiger partial charge >= 0.3 is 6.18 Å². The fourth-order valence-corrected chi connectivity index (χ4v) is 2.49.